The number of nitrogens with one attached hydrogen (secondary N) is 1. The number of fused-ring (bicyclic) bond motifs is 1. The number of hydrogen-bond acceptors (Lipinski definition) is 5. The van der Waals surface area contributed by atoms with Crippen molar-refractivity contribution < 1.29 is 28.0 Å². The van der Waals surface area contributed by atoms with E-state index in [2.05, 4.69) is 5.10 Å². The van der Waals surface area contributed by atoms with E-state index in [9.17, 15) is 23.1 Å². The highest BCUT2D eigenvalue weighted by Crippen LogP contribution is 2.30. The molecule has 0 aliphatic carbocycles. The van der Waals surface area contributed by atoms with Crippen molar-refractivity contribution in [3.63, 3.8) is 0 Å². The monoisotopic (exact) mass is 350 g/mol. The summed E-state index contributed by atoms with van der Waals surface area (Å²) in [7, 11) is -4.48. The number of H-pyrrole nitrogens is 1. The van der Waals surface area contributed by atoms with Crippen LogP contribution in [0, 0.1) is 0 Å². The van der Waals surface area contributed by atoms with Crippen LogP contribution in [0.25, 0.3) is 16.5 Å². The van der Waals surface area contributed by atoms with Gasteiger partial charge in [-0.3, -0.25) is 14.4 Å². The van der Waals surface area contributed by atoms with Crippen molar-refractivity contribution in [3.05, 3.63) is 52.4 Å². The van der Waals surface area contributed by atoms with E-state index in [4.69, 9.17) is 9.66 Å². The molecule has 4 N–H and O–H groups in total. The van der Waals surface area contributed by atoms with Crippen LogP contribution < -0.4 is 5.56 Å². The molecule has 0 bridgehead atoms. The van der Waals surface area contributed by atoms with Gasteiger partial charge in [0.05, 0.1) is 10.6 Å². The first-order chi connectivity index (χ1) is 11.2. The number of aromatic amines is 1. The van der Waals surface area contributed by atoms with Gasteiger partial charge in [-0.1, -0.05) is 6.07 Å². The minimum absolute atomic E-state index is 0.221. The van der Waals surface area contributed by atoms with E-state index < -0.39 is 32.3 Å². The summed E-state index contributed by atoms with van der Waals surface area (Å²) in [5.74, 6) is -1.72. The Balaban J connectivity index is 2.21. The second kappa shape index (κ2) is 5.22. The van der Waals surface area contributed by atoms with E-state index in [-0.39, 0.29) is 16.8 Å². The van der Waals surface area contributed by atoms with E-state index in [1.807, 2.05) is 0 Å². The Labute approximate surface area is 134 Å². The standard InChI is InChI=1S/C14H10N2O7S/c17-12-5-9(24(21,22)23)3-7-1-2-8(4-10(7)12)16-13(18)6-11(15-16)14(19)20/h1-6,15,17H,(H,19,20)(H,21,22,23). The van der Waals surface area contributed by atoms with Crippen molar-refractivity contribution in [3.8, 4) is 11.4 Å². The molecule has 3 rings (SSSR count). The number of carboxylic acid groups (broad SMARTS) is 1. The van der Waals surface area contributed by atoms with Gasteiger partial charge in [-0.2, -0.15) is 8.42 Å². The Kier molecular flexibility index (Phi) is 3.43. The van der Waals surface area contributed by atoms with E-state index in [0.717, 1.165) is 22.9 Å². The molecule has 124 valence electrons. The van der Waals surface area contributed by atoms with Crippen LogP contribution in [0.4, 0.5) is 0 Å². The minimum atomic E-state index is -4.48. The number of aromatic nitrogens is 2. The highest BCUT2D eigenvalue weighted by atomic mass is 32.2. The molecule has 0 aliphatic rings. The summed E-state index contributed by atoms with van der Waals surface area (Å²) >= 11 is 0. The maximum atomic E-state index is 11.8. The fourth-order valence-corrected chi connectivity index (χ4v) is 2.82. The van der Waals surface area contributed by atoms with E-state index >= 15 is 0 Å². The number of carbonyl (C=O) groups is 1. The van der Waals surface area contributed by atoms with Crippen molar-refractivity contribution in [1.82, 2.24) is 9.78 Å². The number of aromatic carboxylic acids is 1. The highest BCUT2D eigenvalue weighted by molar-refractivity contribution is 7.85. The zero-order valence-electron chi connectivity index (χ0n) is 11.8. The zero-order valence-corrected chi connectivity index (χ0v) is 12.6. The molecule has 0 atom stereocenters. The maximum absolute atomic E-state index is 11.8. The lowest BCUT2D eigenvalue weighted by atomic mass is 10.1. The summed E-state index contributed by atoms with van der Waals surface area (Å²) in [4.78, 5) is 22.3. The molecule has 9 nitrogen and oxygen atoms in total. The van der Waals surface area contributed by atoms with Crippen LogP contribution in [-0.2, 0) is 10.1 Å². The van der Waals surface area contributed by atoms with Gasteiger partial charge in [0, 0.05) is 17.5 Å². The summed E-state index contributed by atoms with van der Waals surface area (Å²) in [5, 5.41) is 21.8. The number of carboxylic acids is 1. The number of aromatic hydroxyl groups is 1. The van der Waals surface area contributed by atoms with Crippen LogP contribution in [-0.4, -0.2) is 38.9 Å². The zero-order chi connectivity index (χ0) is 17.6. The van der Waals surface area contributed by atoms with Crippen LogP contribution in [0.3, 0.4) is 0 Å². The third-order valence-electron chi connectivity index (χ3n) is 3.40. The predicted molar refractivity (Wildman–Crippen MR) is 82.3 cm³/mol. The Hall–Kier alpha value is -3.11. The lowest BCUT2D eigenvalue weighted by Gasteiger charge is -2.07. The normalized spacial score (nSPS) is 11.7. The quantitative estimate of drug-likeness (QED) is 0.514. The Bertz CT molecular complexity index is 1140. The maximum Gasteiger partial charge on any atom is 0.353 e. The van der Waals surface area contributed by atoms with Crippen LogP contribution in [0.2, 0.25) is 0 Å². The molecule has 10 heteroatoms. The second-order valence-corrected chi connectivity index (χ2v) is 6.39. The van der Waals surface area contributed by atoms with Gasteiger partial charge in [0.2, 0.25) is 0 Å². The van der Waals surface area contributed by atoms with E-state index in [1.165, 1.54) is 18.2 Å². The number of nitrogens with zero attached hydrogens (tertiary/aromatic N) is 1. The van der Waals surface area contributed by atoms with Crippen LogP contribution in [0.5, 0.6) is 5.75 Å². The molecule has 0 aliphatic heterocycles. The lowest BCUT2D eigenvalue weighted by Crippen LogP contribution is -2.13. The van der Waals surface area contributed by atoms with Gasteiger partial charge in [0.1, 0.15) is 11.4 Å². The van der Waals surface area contributed by atoms with E-state index in [1.54, 1.807) is 0 Å². The summed E-state index contributed by atoms with van der Waals surface area (Å²) in [6.45, 7) is 0. The van der Waals surface area contributed by atoms with Crippen molar-refractivity contribution in [2.75, 3.05) is 0 Å². The molecule has 3 aromatic rings. The molecule has 24 heavy (non-hydrogen) atoms. The summed E-state index contributed by atoms with van der Waals surface area (Å²) < 4.78 is 32.4. The van der Waals surface area contributed by atoms with Crippen molar-refractivity contribution in [1.29, 1.82) is 0 Å². The van der Waals surface area contributed by atoms with Gasteiger partial charge in [0.25, 0.3) is 15.7 Å². The highest BCUT2D eigenvalue weighted by Gasteiger charge is 2.15. The molecule has 1 heterocycles. The first-order valence-electron chi connectivity index (χ1n) is 6.47. The largest absolute Gasteiger partial charge is 0.507 e. The van der Waals surface area contributed by atoms with Gasteiger partial charge in [0.15, 0.2) is 0 Å². The van der Waals surface area contributed by atoms with Crippen LogP contribution >= 0.6 is 0 Å². The Morgan fingerprint density at radius 2 is 1.83 bits per heavy atom. The fourth-order valence-electron chi connectivity index (χ4n) is 2.28. The van der Waals surface area contributed by atoms with Crippen LogP contribution in [0.1, 0.15) is 10.5 Å². The Morgan fingerprint density at radius 3 is 2.42 bits per heavy atom. The average Bonchev–Trinajstić information content (AvgIpc) is 2.88. The van der Waals surface area contributed by atoms with Gasteiger partial charge >= 0.3 is 5.97 Å². The van der Waals surface area contributed by atoms with Crippen molar-refractivity contribution in [2.24, 2.45) is 0 Å². The minimum Gasteiger partial charge on any atom is -0.507 e. The Morgan fingerprint density at radius 1 is 1.12 bits per heavy atom. The van der Waals surface area contributed by atoms with Gasteiger partial charge in [-0.15, -0.1) is 0 Å². The van der Waals surface area contributed by atoms with Crippen molar-refractivity contribution >= 4 is 26.9 Å². The smallest absolute Gasteiger partial charge is 0.353 e. The molecule has 0 unspecified atom stereocenters. The number of phenolic OH excluding ortho intramolecular Hbond substituents is 1. The van der Waals surface area contributed by atoms with Gasteiger partial charge in [-0.25, -0.2) is 9.48 Å². The summed E-state index contributed by atoms with van der Waals surface area (Å²) in [5.41, 5.74) is -0.665. The van der Waals surface area contributed by atoms with Crippen molar-refractivity contribution in [2.45, 2.75) is 4.90 Å². The number of rotatable bonds is 3. The average molecular weight is 350 g/mol. The third kappa shape index (κ3) is 2.64. The number of phenols is 1. The lowest BCUT2D eigenvalue weighted by molar-refractivity contribution is 0.0690. The molecule has 0 saturated carbocycles. The van der Waals surface area contributed by atoms with E-state index in [0.29, 0.717) is 5.39 Å². The predicted octanol–water partition coefficient (Wildman–Crippen LogP) is 0.969. The molecule has 0 radical (unpaired) electrons. The molecule has 0 spiro atoms. The molecule has 0 fully saturated rings. The second-order valence-electron chi connectivity index (χ2n) is 4.97. The van der Waals surface area contributed by atoms with Gasteiger partial charge < -0.3 is 10.2 Å². The fraction of sp³-hybridized carbons (Fsp3) is 0. The van der Waals surface area contributed by atoms with Crippen LogP contribution in [0.15, 0.2) is 46.1 Å². The number of hydrogen-bond donors (Lipinski definition) is 4. The topological polar surface area (TPSA) is 150 Å². The molecule has 0 amide bonds. The molecular formula is C14H10N2O7S. The summed E-state index contributed by atoms with van der Waals surface area (Å²) in [6, 6.07) is 7.18. The molecule has 0 saturated heterocycles. The first-order valence-corrected chi connectivity index (χ1v) is 7.91. The number of benzene rings is 2. The SMILES string of the molecule is O=C(O)c1cc(=O)n(-c2ccc3cc(S(=O)(=O)O)cc(O)c3c2)[nH]1. The molecule has 1 aromatic heterocycles. The molecular weight excluding hydrogens is 340 g/mol. The summed E-state index contributed by atoms with van der Waals surface area (Å²) in [6.07, 6.45) is 0. The third-order valence-corrected chi connectivity index (χ3v) is 4.23. The van der Waals surface area contributed by atoms with Gasteiger partial charge in [-0.05, 0) is 23.6 Å². The molecule has 2 aromatic carbocycles. The first kappa shape index (κ1) is 15.8.